The van der Waals surface area contributed by atoms with Gasteiger partial charge in [0.2, 0.25) is 0 Å². The van der Waals surface area contributed by atoms with Crippen LogP contribution in [-0.2, 0) is 19.6 Å². The summed E-state index contributed by atoms with van der Waals surface area (Å²) in [6, 6.07) is 17.4. The van der Waals surface area contributed by atoms with Gasteiger partial charge in [0.05, 0.1) is 0 Å². The van der Waals surface area contributed by atoms with Gasteiger partial charge >= 0.3 is 0 Å². The minimum atomic E-state index is 0.513. The van der Waals surface area contributed by atoms with E-state index in [0.29, 0.717) is 12.6 Å². The van der Waals surface area contributed by atoms with Gasteiger partial charge in [0.25, 0.3) is 0 Å². The summed E-state index contributed by atoms with van der Waals surface area (Å²) in [6.45, 7) is 8.01. The Morgan fingerprint density at radius 2 is 1.62 bits per heavy atom. The third kappa shape index (κ3) is 4.91. The fourth-order valence-electron chi connectivity index (χ4n) is 2.17. The highest BCUT2D eigenvalue weighted by atomic mass is 16.5. The van der Waals surface area contributed by atoms with Crippen LogP contribution in [0.2, 0.25) is 0 Å². The van der Waals surface area contributed by atoms with Crippen LogP contribution in [0.5, 0.6) is 5.75 Å². The van der Waals surface area contributed by atoms with Crippen LogP contribution in [0.1, 0.15) is 37.5 Å². The fraction of sp³-hybridized carbons (Fsp3) is 0.368. The minimum Gasteiger partial charge on any atom is -0.489 e. The molecule has 2 rings (SSSR count). The maximum absolute atomic E-state index is 5.94. The Labute approximate surface area is 128 Å². The van der Waals surface area contributed by atoms with Crippen LogP contribution in [0.25, 0.3) is 0 Å². The fourth-order valence-corrected chi connectivity index (χ4v) is 2.17. The molecule has 21 heavy (non-hydrogen) atoms. The summed E-state index contributed by atoms with van der Waals surface area (Å²) < 4.78 is 5.94. The Balaban J connectivity index is 1.91. The molecule has 2 aromatic carbocycles. The monoisotopic (exact) mass is 283 g/mol. The lowest BCUT2D eigenvalue weighted by molar-refractivity contribution is 0.303. The van der Waals surface area contributed by atoms with E-state index in [9.17, 15) is 0 Å². The van der Waals surface area contributed by atoms with Crippen molar-refractivity contribution in [1.29, 1.82) is 0 Å². The molecule has 2 heteroatoms. The van der Waals surface area contributed by atoms with E-state index < -0.39 is 0 Å². The average molecular weight is 283 g/mol. The first-order valence-corrected chi connectivity index (χ1v) is 7.71. The maximum atomic E-state index is 5.94. The first kappa shape index (κ1) is 15.6. The van der Waals surface area contributed by atoms with Crippen molar-refractivity contribution in [2.75, 3.05) is 0 Å². The number of para-hydroxylation sites is 1. The van der Waals surface area contributed by atoms with Gasteiger partial charge in [-0.1, -0.05) is 63.2 Å². The summed E-state index contributed by atoms with van der Waals surface area (Å²) in [5, 5.41) is 3.42. The zero-order valence-corrected chi connectivity index (χ0v) is 13.2. The van der Waals surface area contributed by atoms with Crippen LogP contribution in [0, 0.1) is 0 Å². The summed E-state index contributed by atoms with van der Waals surface area (Å²) in [7, 11) is 0. The molecule has 0 saturated heterocycles. The summed E-state index contributed by atoms with van der Waals surface area (Å²) in [5.41, 5.74) is 3.77. The van der Waals surface area contributed by atoms with E-state index in [1.54, 1.807) is 0 Å². The molecule has 0 aliphatic rings. The van der Waals surface area contributed by atoms with Gasteiger partial charge in [-0.2, -0.15) is 0 Å². The number of rotatable bonds is 7. The van der Waals surface area contributed by atoms with E-state index in [2.05, 4.69) is 62.5 Å². The van der Waals surface area contributed by atoms with Gasteiger partial charge in [0, 0.05) is 12.6 Å². The summed E-state index contributed by atoms with van der Waals surface area (Å²) in [5.74, 6) is 0.991. The van der Waals surface area contributed by atoms with Gasteiger partial charge in [-0.15, -0.1) is 0 Å². The molecule has 0 aliphatic heterocycles. The Kier molecular flexibility index (Phi) is 5.82. The molecular weight excluding hydrogens is 258 g/mol. The Morgan fingerprint density at radius 3 is 2.29 bits per heavy atom. The zero-order chi connectivity index (χ0) is 15.1. The molecule has 0 fully saturated rings. The highest BCUT2D eigenvalue weighted by Crippen LogP contribution is 2.19. The van der Waals surface area contributed by atoms with Crippen molar-refractivity contribution in [3.63, 3.8) is 0 Å². The lowest BCUT2D eigenvalue weighted by Gasteiger charge is -2.11. The van der Waals surface area contributed by atoms with Gasteiger partial charge in [-0.25, -0.2) is 0 Å². The lowest BCUT2D eigenvalue weighted by Crippen LogP contribution is -2.21. The van der Waals surface area contributed by atoms with Crippen molar-refractivity contribution in [1.82, 2.24) is 5.32 Å². The second-order valence-electron chi connectivity index (χ2n) is 5.60. The normalized spacial score (nSPS) is 10.9. The Bertz CT molecular complexity index is 546. The van der Waals surface area contributed by atoms with E-state index in [0.717, 1.165) is 18.7 Å². The molecule has 0 bridgehead atoms. The van der Waals surface area contributed by atoms with Crippen LogP contribution in [-0.4, -0.2) is 6.04 Å². The van der Waals surface area contributed by atoms with Crippen molar-refractivity contribution >= 4 is 0 Å². The highest BCUT2D eigenvalue weighted by molar-refractivity contribution is 5.33. The molecule has 1 N–H and O–H groups in total. The second-order valence-corrected chi connectivity index (χ2v) is 5.60. The maximum Gasteiger partial charge on any atom is 0.122 e. The zero-order valence-electron chi connectivity index (χ0n) is 13.2. The van der Waals surface area contributed by atoms with Crippen LogP contribution in [0.15, 0.2) is 48.5 Å². The van der Waals surface area contributed by atoms with E-state index >= 15 is 0 Å². The topological polar surface area (TPSA) is 21.3 Å². The van der Waals surface area contributed by atoms with Gasteiger partial charge in [-0.05, 0) is 29.2 Å². The molecule has 0 radical (unpaired) electrons. The number of ether oxygens (including phenoxy) is 1. The SMILES string of the molecule is CCc1ccccc1OCc1ccc(CNC(C)C)cc1. The molecule has 0 amide bonds. The Morgan fingerprint density at radius 1 is 0.952 bits per heavy atom. The number of benzene rings is 2. The molecule has 0 spiro atoms. The minimum absolute atomic E-state index is 0.513. The van der Waals surface area contributed by atoms with E-state index in [-0.39, 0.29) is 0 Å². The van der Waals surface area contributed by atoms with Crippen molar-refractivity contribution in [2.45, 2.75) is 46.4 Å². The van der Waals surface area contributed by atoms with Gasteiger partial charge in [0.1, 0.15) is 12.4 Å². The van der Waals surface area contributed by atoms with Gasteiger partial charge < -0.3 is 10.1 Å². The molecular formula is C19H25NO. The largest absolute Gasteiger partial charge is 0.489 e. The summed E-state index contributed by atoms with van der Waals surface area (Å²) in [4.78, 5) is 0. The summed E-state index contributed by atoms with van der Waals surface area (Å²) in [6.07, 6.45) is 0.996. The molecule has 2 aromatic rings. The molecule has 112 valence electrons. The third-order valence-corrected chi connectivity index (χ3v) is 3.49. The number of hydrogen-bond acceptors (Lipinski definition) is 2. The van der Waals surface area contributed by atoms with Crippen molar-refractivity contribution in [3.05, 3.63) is 65.2 Å². The van der Waals surface area contributed by atoms with Crippen LogP contribution < -0.4 is 10.1 Å². The Hall–Kier alpha value is -1.80. The van der Waals surface area contributed by atoms with Crippen LogP contribution >= 0.6 is 0 Å². The van der Waals surface area contributed by atoms with E-state index in [1.807, 2.05) is 12.1 Å². The van der Waals surface area contributed by atoms with E-state index in [1.165, 1.54) is 16.7 Å². The summed E-state index contributed by atoms with van der Waals surface area (Å²) >= 11 is 0. The standard InChI is InChI=1S/C19H25NO/c1-4-18-7-5-6-8-19(18)21-14-17-11-9-16(10-12-17)13-20-15(2)3/h5-12,15,20H,4,13-14H2,1-3H3. The van der Waals surface area contributed by atoms with Crippen LogP contribution in [0.4, 0.5) is 0 Å². The second kappa shape index (κ2) is 7.84. The number of nitrogens with one attached hydrogen (secondary N) is 1. The predicted octanol–water partition coefficient (Wildman–Crippen LogP) is 4.33. The van der Waals surface area contributed by atoms with Gasteiger partial charge in [-0.3, -0.25) is 0 Å². The molecule has 0 heterocycles. The van der Waals surface area contributed by atoms with Crippen LogP contribution in [0.3, 0.4) is 0 Å². The van der Waals surface area contributed by atoms with E-state index in [4.69, 9.17) is 4.74 Å². The quantitative estimate of drug-likeness (QED) is 0.817. The van der Waals surface area contributed by atoms with Crippen molar-refractivity contribution < 1.29 is 4.74 Å². The predicted molar refractivity (Wildman–Crippen MR) is 88.6 cm³/mol. The van der Waals surface area contributed by atoms with Crippen molar-refractivity contribution in [3.8, 4) is 5.75 Å². The molecule has 0 unspecified atom stereocenters. The first-order valence-electron chi connectivity index (χ1n) is 7.71. The lowest BCUT2D eigenvalue weighted by atomic mass is 10.1. The molecule has 0 atom stereocenters. The molecule has 0 aliphatic carbocycles. The molecule has 0 aromatic heterocycles. The third-order valence-electron chi connectivity index (χ3n) is 3.49. The van der Waals surface area contributed by atoms with Gasteiger partial charge in [0.15, 0.2) is 0 Å². The molecule has 2 nitrogen and oxygen atoms in total. The average Bonchev–Trinajstić information content (AvgIpc) is 2.52. The number of aryl methyl sites for hydroxylation is 1. The number of hydrogen-bond donors (Lipinski definition) is 1. The first-order chi connectivity index (χ1) is 10.2. The highest BCUT2D eigenvalue weighted by Gasteiger charge is 2.02. The molecule has 0 saturated carbocycles. The smallest absolute Gasteiger partial charge is 0.122 e. The van der Waals surface area contributed by atoms with Crippen molar-refractivity contribution in [2.24, 2.45) is 0 Å².